The third-order valence-electron chi connectivity index (χ3n) is 3.01. The van der Waals surface area contributed by atoms with Gasteiger partial charge in [-0.25, -0.2) is 0 Å². The smallest absolute Gasteiger partial charge is 0.0750 e. The van der Waals surface area contributed by atoms with E-state index in [0.29, 0.717) is 11.5 Å². The zero-order chi connectivity index (χ0) is 10.8. The molecule has 0 aromatic heterocycles. The van der Waals surface area contributed by atoms with Crippen LogP contribution in [0.3, 0.4) is 0 Å². The maximum Gasteiger partial charge on any atom is 0.0750 e. The molecule has 14 heavy (non-hydrogen) atoms. The van der Waals surface area contributed by atoms with Gasteiger partial charge >= 0.3 is 0 Å². The van der Waals surface area contributed by atoms with Gasteiger partial charge in [-0.3, -0.25) is 0 Å². The lowest BCUT2D eigenvalue weighted by molar-refractivity contribution is 0.0570. The molecule has 0 heterocycles. The van der Waals surface area contributed by atoms with Crippen LogP contribution in [0.1, 0.15) is 46.5 Å². The molecule has 0 saturated heterocycles. The van der Waals surface area contributed by atoms with E-state index in [4.69, 9.17) is 10.5 Å². The molecular weight excluding hydrogens is 174 g/mol. The van der Waals surface area contributed by atoms with Crippen molar-refractivity contribution in [1.82, 2.24) is 0 Å². The SMILES string of the molecule is COC(C(N)CCC(C)(C)C)C1CC1. The molecule has 1 saturated carbocycles. The third kappa shape index (κ3) is 3.97. The predicted molar refractivity (Wildman–Crippen MR) is 60.2 cm³/mol. The Hall–Kier alpha value is -0.0800. The number of rotatable bonds is 5. The van der Waals surface area contributed by atoms with Gasteiger partial charge in [-0.15, -0.1) is 0 Å². The van der Waals surface area contributed by atoms with Gasteiger partial charge in [-0.05, 0) is 37.0 Å². The molecule has 1 aliphatic carbocycles. The second kappa shape index (κ2) is 4.63. The molecule has 0 spiro atoms. The van der Waals surface area contributed by atoms with Gasteiger partial charge in [0.1, 0.15) is 0 Å². The molecule has 0 amide bonds. The molecule has 0 aromatic carbocycles. The van der Waals surface area contributed by atoms with Gasteiger partial charge in [0.15, 0.2) is 0 Å². The fourth-order valence-corrected chi connectivity index (χ4v) is 1.91. The second-order valence-electron chi connectivity index (χ2n) is 5.80. The highest BCUT2D eigenvalue weighted by molar-refractivity contribution is 4.89. The first kappa shape index (κ1) is 12.0. The minimum atomic E-state index is 0.228. The molecular formula is C12H25NO. The molecule has 0 radical (unpaired) electrons. The standard InChI is InChI=1S/C12H25NO/c1-12(2,3)8-7-10(13)11(14-4)9-5-6-9/h9-11H,5-8,13H2,1-4H3. The molecule has 2 N–H and O–H groups in total. The van der Waals surface area contributed by atoms with E-state index in [2.05, 4.69) is 20.8 Å². The van der Waals surface area contributed by atoms with Crippen LogP contribution >= 0.6 is 0 Å². The zero-order valence-corrected chi connectivity index (χ0v) is 10.0. The fraction of sp³-hybridized carbons (Fsp3) is 1.00. The monoisotopic (exact) mass is 199 g/mol. The van der Waals surface area contributed by atoms with Crippen molar-refractivity contribution in [3.05, 3.63) is 0 Å². The Morgan fingerprint density at radius 3 is 2.29 bits per heavy atom. The van der Waals surface area contributed by atoms with E-state index in [1.54, 1.807) is 7.11 Å². The van der Waals surface area contributed by atoms with Gasteiger partial charge in [0, 0.05) is 13.2 Å². The number of hydrogen-bond donors (Lipinski definition) is 1. The molecule has 1 fully saturated rings. The summed E-state index contributed by atoms with van der Waals surface area (Å²) in [5, 5.41) is 0. The van der Waals surface area contributed by atoms with Gasteiger partial charge in [-0.1, -0.05) is 20.8 Å². The van der Waals surface area contributed by atoms with E-state index in [0.717, 1.165) is 12.3 Å². The van der Waals surface area contributed by atoms with Crippen molar-refractivity contribution in [2.75, 3.05) is 7.11 Å². The lowest BCUT2D eigenvalue weighted by Gasteiger charge is -2.26. The Bertz CT molecular complexity index is 170. The Kier molecular flexibility index (Phi) is 3.96. The molecule has 1 rings (SSSR count). The van der Waals surface area contributed by atoms with Crippen LogP contribution in [0.25, 0.3) is 0 Å². The van der Waals surface area contributed by atoms with Crippen molar-refractivity contribution in [3.63, 3.8) is 0 Å². The number of methoxy groups -OCH3 is 1. The minimum absolute atomic E-state index is 0.228. The third-order valence-corrected chi connectivity index (χ3v) is 3.01. The summed E-state index contributed by atoms with van der Waals surface area (Å²) in [6.07, 6.45) is 5.18. The molecule has 2 atom stereocenters. The van der Waals surface area contributed by atoms with E-state index >= 15 is 0 Å². The summed E-state index contributed by atoms with van der Waals surface area (Å²) < 4.78 is 5.48. The van der Waals surface area contributed by atoms with Gasteiger partial charge < -0.3 is 10.5 Å². The van der Waals surface area contributed by atoms with Crippen LogP contribution in [0.15, 0.2) is 0 Å². The number of nitrogens with two attached hydrogens (primary N) is 1. The van der Waals surface area contributed by atoms with Crippen molar-refractivity contribution >= 4 is 0 Å². The Labute approximate surface area is 88.2 Å². The maximum absolute atomic E-state index is 6.15. The number of hydrogen-bond acceptors (Lipinski definition) is 2. The lowest BCUT2D eigenvalue weighted by atomic mass is 9.87. The second-order valence-corrected chi connectivity index (χ2v) is 5.80. The Morgan fingerprint density at radius 1 is 1.36 bits per heavy atom. The molecule has 2 unspecified atom stereocenters. The average molecular weight is 199 g/mol. The lowest BCUT2D eigenvalue weighted by Crippen LogP contribution is -2.38. The molecule has 0 aliphatic heterocycles. The van der Waals surface area contributed by atoms with Crippen LogP contribution in [0, 0.1) is 11.3 Å². The highest BCUT2D eigenvalue weighted by Gasteiger charge is 2.35. The summed E-state index contributed by atoms with van der Waals surface area (Å²) in [6.45, 7) is 6.79. The molecule has 1 aliphatic rings. The average Bonchev–Trinajstić information content (AvgIpc) is 2.85. The van der Waals surface area contributed by atoms with E-state index in [9.17, 15) is 0 Å². The Morgan fingerprint density at radius 2 is 1.93 bits per heavy atom. The first-order valence-electron chi connectivity index (χ1n) is 5.72. The maximum atomic E-state index is 6.15. The van der Waals surface area contributed by atoms with Crippen LogP contribution in [-0.2, 0) is 4.74 Å². The van der Waals surface area contributed by atoms with E-state index < -0.39 is 0 Å². The highest BCUT2D eigenvalue weighted by atomic mass is 16.5. The van der Waals surface area contributed by atoms with Crippen molar-refractivity contribution in [2.45, 2.75) is 58.6 Å². The van der Waals surface area contributed by atoms with Gasteiger partial charge in [0.05, 0.1) is 6.10 Å². The zero-order valence-electron chi connectivity index (χ0n) is 10.0. The first-order valence-corrected chi connectivity index (χ1v) is 5.72. The van der Waals surface area contributed by atoms with Gasteiger partial charge in [0.2, 0.25) is 0 Å². The van der Waals surface area contributed by atoms with Crippen LogP contribution in [0.5, 0.6) is 0 Å². The number of ether oxygens (including phenoxy) is 1. The topological polar surface area (TPSA) is 35.2 Å². The molecule has 84 valence electrons. The molecule has 2 nitrogen and oxygen atoms in total. The molecule has 0 bridgehead atoms. The summed E-state index contributed by atoms with van der Waals surface area (Å²) in [5.74, 6) is 0.745. The summed E-state index contributed by atoms with van der Waals surface area (Å²) in [4.78, 5) is 0. The summed E-state index contributed by atoms with van der Waals surface area (Å²) in [5.41, 5.74) is 6.54. The normalized spacial score (nSPS) is 22.1. The van der Waals surface area contributed by atoms with Crippen molar-refractivity contribution in [1.29, 1.82) is 0 Å². The minimum Gasteiger partial charge on any atom is -0.380 e. The highest BCUT2D eigenvalue weighted by Crippen LogP contribution is 2.36. The van der Waals surface area contributed by atoms with Crippen molar-refractivity contribution in [2.24, 2.45) is 17.1 Å². The fourth-order valence-electron chi connectivity index (χ4n) is 1.91. The van der Waals surface area contributed by atoms with E-state index in [-0.39, 0.29) is 6.04 Å². The summed E-state index contributed by atoms with van der Waals surface area (Å²) >= 11 is 0. The van der Waals surface area contributed by atoms with Gasteiger partial charge in [0.25, 0.3) is 0 Å². The summed E-state index contributed by atoms with van der Waals surface area (Å²) in [7, 11) is 1.79. The van der Waals surface area contributed by atoms with Crippen LogP contribution in [-0.4, -0.2) is 19.3 Å². The summed E-state index contributed by atoms with van der Waals surface area (Å²) in [6, 6.07) is 0.228. The Balaban J connectivity index is 2.28. The molecule has 2 heteroatoms. The van der Waals surface area contributed by atoms with Gasteiger partial charge in [-0.2, -0.15) is 0 Å². The van der Waals surface area contributed by atoms with Crippen LogP contribution in [0.2, 0.25) is 0 Å². The molecule has 0 aromatic rings. The van der Waals surface area contributed by atoms with Crippen molar-refractivity contribution in [3.8, 4) is 0 Å². The van der Waals surface area contributed by atoms with E-state index in [1.807, 2.05) is 0 Å². The van der Waals surface area contributed by atoms with Crippen LogP contribution < -0.4 is 5.73 Å². The van der Waals surface area contributed by atoms with E-state index in [1.165, 1.54) is 19.3 Å². The largest absolute Gasteiger partial charge is 0.380 e. The quantitative estimate of drug-likeness (QED) is 0.738. The van der Waals surface area contributed by atoms with Crippen molar-refractivity contribution < 1.29 is 4.74 Å². The first-order chi connectivity index (χ1) is 6.44. The van der Waals surface area contributed by atoms with Crippen LogP contribution in [0.4, 0.5) is 0 Å². The predicted octanol–water partition coefficient (Wildman–Crippen LogP) is 2.57.